The van der Waals surface area contributed by atoms with Gasteiger partial charge in [-0.25, -0.2) is 12.8 Å². The third-order valence-electron chi connectivity index (χ3n) is 4.32. The Morgan fingerprint density at radius 1 is 1.19 bits per heavy atom. The summed E-state index contributed by atoms with van der Waals surface area (Å²) in [6, 6.07) is 10.1. The lowest BCUT2D eigenvalue weighted by Gasteiger charge is -2.16. The molecule has 1 heterocycles. The monoisotopic (exact) mass is 392 g/mol. The van der Waals surface area contributed by atoms with Crippen molar-refractivity contribution < 1.29 is 22.3 Å². The van der Waals surface area contributed by atoms with Crippen LogP contribution in [0.4, 0.5) is 10.1 Å². The number of rotatable bonds is 6. The van der Waals surface area contributed by atoms with E-state index in [4.69, 9.17) is 4.74 Å². The van der Waals surface area contributed by atoms with Crippen LogP contribution in [0.5, 0.6) is 5.75 Å². The van der Waals surface area contributed by atoms with Crippen LogP contribution in [-0.2, 0) is 10.0 Å². The number of amides is 1. The molecule has 1 fully saturated rings. The number of anilines is 1. The van der Waals surface area contributed by atoms with Gasteiger partial charge in [0.2, 0.25) is 10.0 Å². The predicted octanol–water partition coefficient (Wildman–Crippen LogP) is 3.26. The van der Waals surface area contributed by atoms with Crippen molar-refractivity contribution in [1.29, 1.82) is 0 Å². The molecule has 0 aromatic heterocycles. The van der Waals surface area contributed by atoms with Gasteiger partial charge in [0.15, 0.2) is 0 Å². The topological polar surface area (TPSA) is 75.7 Å². The maximum absolute atomic E-state index is 14.2. The first kappa shape index (κ1) is 19.3. The molecule has 144 valence electrons. The molecular weight excluding hydrogens is 371 g/mol. The average Bonchev–Trinajstić information content (AvgIpc) is 3.19. The Labute approximate surface area is 158 Å². The highest BCUT2D eigenvalue weighted by atomic mass is 32.2. The van der Waals surface area contributed by atoms with Crippen LogP contribution in [0.1, 0.15) is 30.1 Å². The van der Waals surface area contributed by atoms with E-state index in [2.05, 4.69) is 5.32 Å². The third kappa shape index (κ3) is 4.12. The first-order valence-corrected chi connectivity index (χ1v) is 10.2. The highest BCUT2D eigenvalue weighted by Gasteiger charge is 2.28. The first-order chi connectivity index (χ1) is 12.9. The van der Waals surface area contributed by atoms with Gasteiger partial charge >= 0.3 is 0 Å². The summed E-state index contributed by atoms with van der Waals surface area (Å²) < 4.78 is 46.4. The van der Waals surface area contributed by atoms with Crippen molar-refractivity contribution in [2.24, 2.45) is 0 Å². The van der Waals surface area contributed by atoms with Crippen LogP contribution in [0.15, 0.2) is 47.4 Å². The minimum atomic E-state index is -3.74. The summed E-state index contributed by atoms with van der Waals surface area (Å²) in [6.45, 7) is 3.09. The number of ether oxygens (including phenoxy) is 1. The molecule has 0 saturated carbocycles. The van der Waals surface area contributed by atoms with Crippen molar-refractivity contribution >= 4 is 21.6 Å². The Bertz CT molecular complexity index is 940. The van der Waals surface area contributed by atoms with Gasteiger partial charge in [-0.3, -0.25) is 4.79 Å². The summed E-state index contributed by atoms with van der Waals surface area (Å²) in [6.07, 6.45) is 1.59. The van der Waals surface area contributed by atoms with Gasteiger partial charge in [-0.2, -0.15) is 4.31 Å². The van der Waals surface area contributed by atoms with Crippen LogP contribution in [0.2, 0.25) is 0 Å². The summed E-state index contributed by atoms with van der Waals surface area (Å²) in [5.74, 6) is -1.07. The van der Waals surface area contributed by atoms with Crippen molar-refractivity contribution in [2.45, 2.75) is 24.7 Å². The zero-order chi connectivity index (χ0) is 19.4. The number of benzene rings is 2. The molecule has 6 nitrogen and oxygen atoms in total. The molecule has 0 atom stereocenters. The molecule has 3 rings (SSSR count). The van der Waals surface area contributed by atoms with E-state index < -0.39 is 21.7 Å². The summed E-state index contributed by atoms with van der Waals surface area (Å²) in [7, 11) is -3.74. The van der Waals surface area contributed by atoms with Crippen molar-refractivity contribution in [2.75, 3.05) is 25.0 Å². The van der Waals surface area contributed by atoms with Gasteiger partial charge < -0.3 is 10.1 Å². The van der Waals surface area contributed by atoms with E-state index in [1.165, 1.54) is 10.4 Å². The number of carbonyl (C=O) groups excluding carboxylic acids is 1. The smallest absolute Gasteiger partial charge is 0.258 e. The lowest BCUT2D eigenvalue weighted by molar-refractivity contribution is 0.102. The number of nitrogens with zero attached hydrogens (tertiary/aromatic N) is 1. The van der Waals surface area contributed by atoms with Gasteiger partial charge in [-0.1, -0.05) is 12.1 Å². The van der Waals surface area contributed by atoms with Gasteiger partial charge in [0, 0.05) is 13.1 Å². The van der Waals surface area contributed by atoms with Crippen molar-refractivity contribution in [3.05, 3.63) is 53.8 Å². The zero-order valence-electron chi connectivity index (χ0n) is 14.9. The van der Waals surface area contributed by atoms with E-state index in [1.807, 2.05) is 6.92 Å². The highest BCUT2D eigenvalue weighted by Crippen LogP contribution is 2.26. The van der Waals surface area contributed by atoms with E-state index in [-0.39, 0.29) is 10.5 Å². The molecule has 0 radical (unpaired) electrons. The fourth-order valence-corrected chi connectivity index (χ4v) is 4.50. The third-order valence-corrected chi connectivity index (χ3v) is 6.21. The molecular formula is C19H21FN2O4S. The van der Waals surface area contributed by atoms with Crippen LogP contribution >= 0.6 is 0 Å². The molecule has 1 aliphatic heterocycles. The van der Waals surface area contributed by atoms with Gasteiger partial charge in [0.25, 0.3) is 5.91 Å². The van der Waals surface area contributed by atoms with Crippen LogP contribution in [0, 0.1) is 5.82 Å². The Morgan fingerprint density at radius 2 is 1.89 bits per heavy atom. The minimum absolute atomic E-state index is 0.0888. The van der Waals surface area contributed by atoms with Crippen molar-refractivity contribution in [3.63, 3.8) is 0 Å². The standard InChI is InChI=1S/C19H21FN2O4S/c1-2-26-18-8-4-3-7-17(18)21-19(23)15-13-14(9-10-16(15)20)27(24,25)22-11-5-6-12-22/h3-4,7-10,13H,2,5-6,11-12H2,1H3,(H,21,23). The largest absolute Gasteiger partial charge is 0.492 e. The molecule has 0 bridgehead atoms. The fourth-order valence-electron chi connectivity index (χ4n) is 2.96. The quantitative estimate of drug-likeness (QED) is 0.819. The molecule has 27 heavy (non-hydrogen) atoms. The number of carbonyl (C=O) groups is 1. The number of hydrogen-bond donors (Lipinski definition) is 1. The molecule has 2 aromatic rings. The van der Waals surface area contributed by atoms with Gasteiger partial charge in [-0.05, 0) is 50.1 Å². The van der Waals surface area contributed by atoms with Crippen LogP contribution in [0.25, 0.3) is 0 Å². The maximum atomic E-state index is 14.2. The number of hydrogen-bond acceptors (Lipinski definition) is 4. The summed E-state index contributed by atoms with van der Waals surface area (Å²) in [5, 5.41) is 2.59. The lowest BCUT2D eigenvalue weighted by Crippen LogP contribution is -2.28. The van der Waals surface area contributed by atoms with Crippen LogP contribution in [0.3, 0.4) is 0 Å². The SMILES string of the molecule is CCOc1ccccc1NC(=O)c1cc(S(=O)(=O)N2CCCC2)ccc1F. The summed E-state index contributed by atoms with van der Waals surface area (Å²) >= 11 is 0. The molecule has 1 aliphatic rings. The maximum Gasteiger partial charge on any atom is 0.258 e. The zero-order valence-corrected chi connectivity index (χ0v) is 15.8. The van der Waals surface area contributed by atoms with Gasteiger partial charge in [-0.15, -0.1) is 0 Å². The van der Waals surface area contributed by atoms with E-state index in [1.54, 1.807) is 24.3 Å². The molecule has 0 spiro atoms. The number of halogens is 1. The van der Waals surface area contributed by atoms with Gasteiger partial charge in [0.05, 0.1) is 22.8 Å². The Kier molecular flexibility index (Phi) is 5.76. The van der Waals surface area contributed by atoms with E-state index >= 15 is 0 Å². The molecule has 1 N–H and O–H groups in total. The average molecular weight is 392 g/mol. The van der Waals surface area contributed by atoms with Crippen LogP contribution < -0.4 is 10.1 Å². The molecule has 2 aromatic carbocycles. The lowest BCUT2D eigenvalue weighted by atomic mass is 10.2. The minimum Gasteiger partial charge on any atom is -0.492 e. The van der Waals surface area contributed by atoms with Crippen molar-refractivity contribution in [3.8, 4) is 5.75 Å². The normalized spacial score (nSPS) is 14.9. The molecule has 8 heteroatoms. The second-order valence-electron chi connectivity index (χ2n) is 6.14. The van der Waals surface area contributed by atoms with E-state index in [0.717, 1.165) is 25.0 Å². The number of para-hydroxylation sites is 2. The Hall–Kier alpha value is -2.45. The Morgan fingerprint density at radius 3 is 2.59 bits per heavy atom. The predicted molar refractivity (Wildman–Crippen MR) is 100.0 cm³/mol. The molecule has 0 unspecified atom stereocenters. The Balaban J connectivity index is 1.89. The molecule has 1 saturated heterocycles. The summed E-state index contributed by atoms with van der Waals surface area (Å²) in [5.41, 5.74) is 0.0538. The second kappa shape index (κ2) is 8.06. The van der Waals surface area contributed by atoms with E-state index in [9.17, 15) is 17.6 Å². The van der Waals surface area contributed by atoms with Crippen LogP contribution in [-0.4, -0.2) is 38.3 Å². The van der Waals surface area contributed by atoms with Crippen molar-refractivity contribution in [1.82, 2.24) is 4.31 Å². The molecule has 1 amide bonds. The number of nitrogens with one attached hydrogen (secondary N) is 1. The second-order valence-corrected chi connectivity index (χ2v) is 8.07. The molecule has 0 aliphatic carbocycles. The first-order valence-electron chi connectivity index (χ1n) is 8.76. The highest BCUT2D eigenvalue weighted by molar-refractivity contribution is 7.89. The van der Waals surface area contributed by atoms with E-state index in [0.29, 0.717) is 31.1 Å². The number of sulfonamides is 1. The van der Waals surface area contributed by atoms with Gasteiger partial charge in [0.1, 0.15) is 11.6 Å². The fraction of sp³-hybridized carbons (Fsp3) is 0.316. The summed E-state index contributed by atoms with van der Waals surface area (Å²) in [4.78, 5) is 12.5.